The Hall–Kier alpha value is -1.31. The van der Waals surface area contributed by atoms with Crippen LogP contribution >= 0.6 is 11.3 Å². The first-order valence-corrected chi connectivity index (χ1v) is 6.33. The number of hydrogen-bond donors (Lipinski definition) is 2. The molecular weight excluding hydrogens is 234 g/mol. The third-order valence-electron chi connectivity index (χ3n) is 2.39. The molecule has 0 radical (unpaired) electrons. The van der Waals surface area contributed by atoms with Crippen molar-refractivity contribution in [3.05, 3.63) is 21.9 Å². The van der Waals surface area contributed by atoms with E-state index < -0.39 is 5.97 Å². The van der Waals surface area contributed by atoms with Crippen LogP contribution in [0.15, 0.2) is 12.1 Å². The summed E-state index contributed by atoms with van der Waals surface area (Å²) in [5.74, 6) is 2.30. The van der Waals surface area contributed by atoms with Gasteiger partial charge in [0.25, 0.3) is 0 Å². The van der Waals surface area contributed by atoms with Gasteiger partial charge in [-0.3, -0.25) is 10.1 Å². The molecule has 1 aromatic heterocycles. The van der Waals surface area contributed by atoms with Crippen LogP contribution in [0.25, 0.3) is 0 Å². The predicted molar refractivity (Wildman–Crippen MR) is 70.0 cm³/mol. The third kappa shape index (κ3) is 4.59. The minimum absolute atomic E-state index is 0.0556. The minimum atomic E-state index is -0.796. The molecule has 92 valence electrons. The number of carbonyl (C=O) groups is 1. The fraction of sp³-hybridized carbons (Fsp3) is 0.462. The molecule has 0 aliphatic heterocycles. The smallest absolute Gasteiger partial charge is 0.308 e. The van der Waals surface area contributed by atoms with Crippen LogP contribution in [0.4, 0.5) is 0 Å². The molecule has 1 unspecified atom stereocenters. The summed E-state index contributed by atoms with van der Waals surface area (Å²) in [5, 5.41) is 11.9. The third-order valence-corrected chi connectivity index (χ3v) is 3.47. The van der Waals surface area contributed by atoms with E-state index in [2.05, 4.69) is 25.1 Å². The summed E-state index contributed by atoms with van der Waals surface area (Å²) < 4.78 is 0. The quantitative estimate of drug-likeness (QED) is 0.761. The van der Waals surface area contributed by atoms with Crippen LogP contribution in [0.3, 0.4) is 0 Å². The van der Waals surface area contributed by atoms with E-state index in [4.69, 9.17) is 11.5 Å². The van der Waals surface area contributed by atoms with Gasteiger partial charge >= 0.3 is 5.97 Å². The van der Waals surface area contributed by atoms with Gasteiger partial charge in [-0.15, -0.1) is 17.8 Å². The van der Waals surface area contributed by atoms with Gasteiger partial charge in [0.2, 0.25) is 0 Å². The van der Waals surface area contributed by atoms with Crippen molar-refractivity contribution in [3.8, 4) is 12.3 Å². The molecule has 1 aromatic rings. The van der Waals surface area contributed by atoms with Crippen molar-refractivity contribution in [1.82, 2.24) is 5.32 Å². The summed E-state index contributed by atoms with van der Waals surface area (Å²) in [6.07, 6.45) is 5.51. The van der Waals surface area contributed by atoms with E-state index in [0.717, 1.165) is 9.75 Å². The molecule has 1 heterocycles. The molecule has 0 aromatic carbocycles. The number of thiophene rings is 1. The van der Waals surface area contributed by atoms with Crippen LogP contribution in [0.2, 0.25) is 0 Å². The van der Waals surface area contributed by atoms with Crippen LogP contribution in [-0.2, 0) is 17.8 Å². The molecule has 17 heavy (non-hydrogen) atoms. The van der Waals surface area contributed by atoms with Crippen LogP contribution in [0.1, 0.15) is 23.6 Å². The van der Waals surface area contributed by atoms with Gasteiger partial charge in [-0.1, -0.05) is 19.8 Å². The molecule has 2 N–H and O–H groups in total. The van der Waals surface area contributed by atoms with E-state index in [9.17, 15) is 4.79 Å². The summed E-state index contributed by atoms with van der Waals surface area (Å²) in [7, 11) is 0. The van der Waals surface area contributed by atoms with Crippen LogP contribution in [0, 0.1) is 18.3 Å². The topological polar surface area (TPSA) is 49.3 Å². The zero-order valence-corrected chi connectivity index (χ0v) is 10.9. The van der Waals surface area contributed by atoms with E-state index in [1.165, 1.54) is 11.3 Å². The molecule has 0 saturated heterocycles. The lowest BCUT2D eigenvalue weighted by Gasteiger charge is -2.15. The molecule has 1 atom stereocenters. The predicted octanol–water partition coefficient (Wildman–Crippen LogP) is 2.12. The van der Waals surface area contributed by atoms with Gasteiger partial charge < -0.3 is 5.11 Å². The van der Waals surface area contributed by atoms with Crippen molar-refractivity contribution in [2.24, 2.45) is 5.92 Å². The van der Waals surface area contributed by atoms with Crippen molar-refractivity contribution in [2.75, 3.05) is 0 Å². The van der Waals surface area contributed by atoms with Crippen LogP contribution < -0.4 is 5.32 Å². The summed E-state index contributed by atoms with van der Waals surface area (Å²) in [6, 6.07) is 3.86. The Morgan fingerprint density at radius 2 is 2.18 bits per heavy atom. The average Bonchev–Trinajstić information content (AvgIpc) is 2.65. The summed E-state index contributed by atoms with van der Waals surface area (Å²) in [6.45, 7) is 4.83. The summed E-state index contributed by atoms with van der Waals surface area (Å²) in [4.78, 5) is 12.5. The number of rotatable bonds is 6. The van der Waals surface area contributed by atoms with Crippen molar-refractivity contribution in [1.29, 1.82) is 0 Å². The van der Waals surface area contributed by atoms with Crippen LogP contribution in [-0.4, -0.2) is 17.1 Å². The van der Waals surface area contributed by atoms with E-state index in [1.807, 2.05) is 12.1 Å². The summed E-state index contributed by atoms with van der Waals surface area (Å²) in [5.41, 5.74) is 0. The Labute approximate surface area is 106 Å². The number of aliphatic carboxylic acids is 1. The van der Waals surface area contributed by atoms with E-state index in [-0.39, 0.29) is 12.5 Å². The van der Waals surface area contributed by atoms with E-state index in [0.29, 0.717) is 12.5 Å². The number of hydrogen-bond acceptors (Lipinski definition) is 3. The van der Waals surface area contributed by atoms with Crippen molar-refractivity contribution < 1.29 is 9.90 Å². The number of carboxylic acid groups (broad SMARTS) is 1. The van der Waals surface area contributed by atoms with E-state index in [1.54, 1.807) is 0 Å². The maximum absolute atomic E-state index is 10.5. The zero-order chi connectivity index (χ0) is 12.8. The molecule has 4 heteroatoms. The van der Waals surface area contributed by atoms with E-state index >= 15 is 0 Å². The first-order chi connectivity index (χ1) is 8.02. The standard InChI is InChI=1S/C13H17NO2S/c1-4-12(9(2)3)14-8-11-6-5-10(17-11)7-13(15)16/h1,5-6,9,12,14H,7-8H2,2-3H3,(H,15,16). The monoisotopic (exact) mass is 251 g/mol. The normalized spacial score (nSPS) is 12.4. The number of terminal acetylenes is 1. The first-order valence-electron chi connectivity index (χ1n) is 5.51. The minimum Gasteiger partial charge on any atom is -0.481 e. The van der Waals surface area contributed by atoms with Crippen LogP contribution in [0.5, 0.6) is 0 Å². The van der Waals surface area contributed by atoms with Crippen molar-refractivity contribution in [3.63, 3.8) is 0 Å². The Morgan fingerprint density at radius 1 is 1.53 bits per heavy atom. The fourth-order valence-electron chi connectivity index (χ4n) is 1.46. The number of nitrogens with one attached hydrogen (secondary N) is 1. The Morgan fingerprint density at radius 3 is 2.71 bits per heavy atom. The highest BCUT2D eigenvalue weighted by Gasteiger charge is 2.10. The van der Waals surface area contributed by atoms with Gasteiger partial charge in [-0.25, -0.2) is 0 Å². The second-order valence-electron chi connectivity index (χ2n) is 4.21. The molecule has 0 saturated carbocycles. The highest BCUT2D eigenvalue weighted by atomic mass is 32.1. The van der Waals surface area contributed by atoms with Gasteiger partial charge in [0, 0.05) is 16.3 Å². The largest absolute Gasteiger partial charge is 0.481 e. The highest BCUT2D eigenvalue weighted by Crippen LogP contribution is 2.17. The lowest BCUT2D eigenvalue weighted by molar-refractivity contribution is -0.136. The zero-order valence-electron chi connectivity index (χ0n) is 10.1. The summed E-state index contributed by atoms with van der Waals surface area (Å²) >= 11 is 1.51. The molecule has 0 spiro atoms. The van der Waals surface area contributed by atoms with Gasteiger partial charge in [-0.05, 0) is 18.1 Å². The number of carboxylic acids is 1. The Bertz CT molecular complexity index is 417. The Kier molecular flexibility index (Phi) is 5.20. The molecule has 3 nitrogen and oxygen atoms in total. The lowest BCUT2D eigenvalue weighted by Crippen LogP contribution is -2.31. The van der Waals surface area contributed by atoms with Crippen molar-refractivity contribution in [2.45, 2.75) is 32.9 Å². The fourth-order valence-corrected chi connectivity index (χ4v) is 2.42. The second-order valence-corrected chi connectivity index (χ2v) is 5.46. The van der Waals surface area contributed by atoms with Gasteiger partial charge in [0.1, 0.15) is 0 Å². The molecule has 0 aliphatic rings. The average molecular weight is 251 g/mol. The second kappa shape index (κ2) is 6.43. The maximum Gasteiger partial charge on any atom is 0.308 e. The van der Waals surface area contributed by atoms with Gasteiger partial charge in [0.05, 0.1) is 12.5 Å². The van der Waals surface area contributed by atoms with Gasteiger partial charge in [0.15, 0.2) is 0 Å². The molecule has 0 fully saturated rings. The first kappa shape index (κ1) is 13.8. The molecular formula is C13H17NO2S. The lowest BCUT2D eigenvalue weighted by atomic mass is 10.1. The Balaban J connectivity index is 2.50. The molecule has 1 rings (SSSR count). The van der Waals surface area contributed by atoms with Crippen molar-refractivity contribution >= 4 is 17.3 Å². The van der Waals surface area contributed by atoms with Gasteiger partial charge in [-0.2, -0.15) is 0 Å². The molecule has 0 amide bonds. The maximum atomic E-state index is 10.5. The SMILES string of the molecule is C#CC(NCc1ccc(CC(=O)O)s1)C(C)C. The molecule has 0 bridgehead atoms. The molecule has 0 aliphatic carbocycles. The highest BCUT2D eigenvalue weighted by molar-refractivity contribution is 7.12.